The maximum Gasteiger partial charge on any atom is 0.213 e. The molecule has 0 unspecified atom stereocenters. The first kappa shape index (κ1) is 9.00. The van der Waals surface area contributed by atoms with Crippen molar-refractivity contribution in [1.29, 1.82) is 0 Å². The number of rotatable bonds is 4. The average Bonchev–Trinajstić information content (AvgIpc) is 2.65. The van der Waals surface area contributed by atoms with E-state index in [-0.39, 0.29) is 5.25 Å². The van der Waals surface area contributed by atoms with Gasteiger partial charge in [0.05, 0.1) is 5.25 Å². The highest BCUT2D eigenvalue weighted by atomic mass is 32.2. The van der Waals surface area contributed by atoms with Crippen LogP contribution >= 0.6 is 0 Å². The minimum absolute atomic E-state index is 0.304. The lowest BCUT2D eigenvalue weighted by atomic mass is 10.4. The van der Waals surface area contributed by atoms with Crippen molar-refractivity contribution in [2.24, 2.45) is 5.92 Å². The van der Waals surface area contributed by atoms with Gasteiger partial charge in [0.15, 0.2) is 0 Å². The van der Waals surface area contributed by atoms with Gasteiger partial charge in [-0.3, -0.25) is 0 Å². The van der Waals surface area contributed by atoms with Crippen LogP contribution in [0.15, 0.2) is 0 Å². The van der Waals surface area contributed by atoms with Gasteiger partial charge >= 0.3 is 0 Å². The summed E-state index contributed by atoms with van der Waals surface area (Å²) in [5.41, 5.74) is 0. The van der Waals surface area contributed by atoms with E-state index >= 15 is 0 Å². The summed E-state index contributed by atoms with van der Waals surface area (Å²) in [6.07, 6.45) is 2.36. The van der Waals surface area contributed by atoms with Gasteiger partial charge in [0.25, 0.3) is 0 Å². The van der Waals surface area contributed by atoms with E-state index in [4.69, 9.17) is 0 Å². The molecule has 1 N–H and O–H groups in total. The molecule has 0 saturated heterocycles. The first-order chi connectivity index (χ1) is 5.02. The van der Waals surface area contributed by atoms with E-state index in [0.29, 0.717) is 12.5 Å². The molecule has 0 aromatic carbocycles. The van der Waals surface area contributed by atoms with E-state index in [0.717, 1.165) is 0 Å². The number of sulfonamides is 1. The van der Waals surface area contributed by atoms with Crippen LogP contribution in [-0.2, 0) is 10.0 Å². The third-order valence-electron chi connectivity index (χ3n) is 1.89. The average molecular weight is 177 g/mol. The van der Waals surface area contributed by atoms with Crippen molar-refractivity contribution in [2.75, 3.05) is 6.54 Å². The molecule has 66 valence electrons. The molecule has 0 bridgehead atoms. The summed E-state index contributed by atoms with van der Waals surface area (Å²) in [5.74, 6) is 0.614. The number of nitrogens with one attached hydrogen (secondary N) is 1. The molecule has 1 saturated carbocycles. The summed E-state index contributed by atoms with van der Waals surface area (Å²) >= 11 is 0. The summed E-state index contributed by atoms with van der Waals surface area (Å²) in [4.78, 5) is 0. The van der Waals surface area contributed by atoms with Gasteiger partial charge in [-0.1, -0.05) is 0 Å². The molecule has 1 aliphatic rings. The van der Waals surface area contributed by atoms with E-state index in [1.165, 1.54) is 12.8 Å². The summed E-state index contributed by atoms with van der Waals surface area (Å²) in [6.45, 7) is 4.02. The van der Waals surface area contributed by atoms with Gasteiger partial charge in [0, 0.05) is 6.54 Å². The van der Waals surface area contributed by atoms with Crippen LogP contribution in [0.5, 0.6) is 0 Å². The second kappa shape index (κ2) is 3.11. The summed E-state index contributed by atoms with van der Waals surface area (Å²) in [6, 6.07) is 0. The van der Waals surface area contributed by atoms with E-state index in [2.05, 4.69) is 4.72 Å². The Morgan fingerprint density at radius 2 is 2.00 bits per heavy atom. The smallest absolute Gasteiger partial charge is 0.213 e. The largest absolute Gasteiger partial charge is 0.215 e. The third-order valence-corrected chi connectivity index (χ3v) is 3.70. The van der Waals surface area contributed by atoms with Gasteiger partial charge in [-0.05, 0) is 32.6 Å². The molecule has 0 aromatic rings. The second-order valence-electron chi connectivity index (χ2n) is 3.39. The molecule has 0 aliphatic heterocycles. The van der Waals surface area contributed by atoms with Crippen LogP contribution in [0.1, 0.15) is 26.7 Å². The number of hydrogen-bond acceptors (Lipinski definition) is 2. The van der Waals surface area contributed by atoms with Crippen LogP contribution in [-0.4, -0.2) is 20.2 Å². The van der Waals surface area contributed by atoms with E-state index in [1.807, 2.05) is 0 Å². The van der Waals surface area contributed by atoms with Crippen LogP contribution in [0.4, 0.5) is 0 Å². The van der Waals surface area contributed by atoms with Crippen LogP contribution < -0.4 is 4.72 Å². The Kier molecular flexibility index (Phi) is 2.54. The van der Waals surface area contributed by atoms with Crippen molar-refractivity contribution in [3.63, 3.8) is 0 Å². The Hall–Kier alpha value is -0.0900. The molecule has 0 atom stereocenters. The molecule has 0 radical (unpaired) electrons. The van der Waals surface area contributed by atoms with Crippen LogP contribution in [0, 0.1) is 5.92 Å². The second-order valence-corrected chi connectivity index (χ2v) is 5.71. The van der Waals surface area contributed by atoms with Crippen LogP contribution in [0.2, 0.25) is 0 Å². The monoisotopic (exact) mass is 177 g/mol. The predicted octanol–water partition coefficient (Wildman–Crippen LogP) is 0.724. The molecule has 3 nitrogen and oxygen atoms in total. The van der Waals surface area contributed by atoms with Crippen molar-refractivity contribution in [3.8, 4) is 0 Å². The predicted molar refractivity (Wildman–Crippen MR) is 44.8 cm³/mol. The quantitative estimate of drug-likeness (QED) is 0.688. The molecule has 0 amide bonds. The summed E-state index contributed by atoms with van der Waals surface area (Å²) < 4.78 is 24.9. The lowest BCUT2D eigenvalue weighted by Crippen LogP contribution is -2.32. The molecular weight excluding hydrogens is 162 g/mol. The Morgan fingerprint density at radius 1 is 1.45 bits per heavy atom. The van der Waals surface area contributed by atoms with Crippen LogP contribution in [0.3, 0.4) is 0 Å². The molecule has 4 heteroatoms. The van der Waals surface area contributed by atoms with Crippen molar-refractivity contribution < 1.29 is 8.42 Å². The molecule has 0 spiro atoms. The maximum atomic E-state index is 11.2. The fourth-order valence-electron chi connectivity index (χ4n) is 0.723. The molecule has 1 fully saturated rings. The van der Waals surface area contributed by atoms with Gasteiger partial charge in [-0.2, -0.15) is 0 Å². The molecule has 0 heterocycles. The Balaban J connectivity index is 2.33. The van der Waals surface area contributed by atoms with Crippen molar-refractivity contribution in [2.45, 2.75) is 31.9 Å². The lowest BCUT2D eigenvalue weighted by Gasteiger charge is -2.07. The Labute approximate surface area is 68.2 Å². The minimum atomic E-state index is -3.00. The highest BCUT2D eigenvalue weighted by Gasteiger charge is 2.24. The first-order valence-corrected chi connectivity index (χ1v) is 5.55. The highest BCUT2D eigenvalue weighted by Crippen LogP contribution is 2.27. The van der Waals surface area contributed by atoms with E-state index in [1.54, 1.807) is 13.8 Å². The van der Waals surface area contributed by atoms with E-state index in [9.17, 15) is 8.42 Å². The molecule has 1 aliphatic carbocycles. The normalized spacial score (nSPS) is 19.2. The topological polar surface area (TPSA) is 46.2 Å². The zero-order valence-electron chi connectivity index (χ0n) is 7.00. The number of hydrogen-bond donors (Lipinski definition) is 1. The van der Waals surface area contributed by atoms with Crippen molar-refractivity contribution >= 4 is 10.0 Å². The first-order valence-electron chi connectivity index (χ1n) is 4.01. The standard InChI is InChI=1S/C7H15NO2S/c1-6(2)11(9,10)8-5-7-3-4-7/h6-8H,3-5H2,1-2H3. The van der Waals surface area contributed by atoms with Crippen LogP contribution in [0.25, 0.3) is 0 Å². The molecule has 0 aromatic heterocycles. The zero-order chi connectivity index (χ0) is 8.48. The summed E-state index contributed by atoms with van der Waals surface area (Å²) in [5, 5.41) is -0.304. The SMILES string of the molecule is CC(C)S(=O)(=O)NCC1CC1. The van der Waals surface area contributed by atoms with Gasteiger partial charge in [0.1, 0.15) is 0 Å². The minimum Gasteiger partial charge on any atom is -0.215 e. The molecular formula is C7H15NO2S. The van der Waals surface area contributed by atoms with Gasteiger partial charge in [0.2, 0.25) is 10.0 Å². The van der Waals surface area contributed by atoms with Gasteiger partial charge in [-0.15, -0.1) is 0 Å². The van der Waals surface area contributed by atoms with Crippen molar-refractivity contribution in [1.82, 2.24) is 4.72 Å². The molecule has 1 rings (SSSR count). The maximum absolute atomic E-state index is 11.2. The highest BCUT2D eigenvalue weighted by molar-refractivity contribution is 7.90. The Morgan fingerprint density at radius 3 is 2.36 bits per heavy atom. The lowest BCUT2D eigenvalue weighted by molar-refractivity contribution is 0.568. The summed E-state index contributed by atoms with van der Waals surface area (Å²) in [7, 11) is -3.00. The fourth-order valence-corrected chi connectivity index (χ4v) is 1.52. The zero-order valence-corrected chi connectivity index (χ0v) is 7.82. The van der Waals surface area contributed by atoms with Crippen molar-refractivity contribution in [3.05, 3.63) is 0 Å². The third kappa shape index (κ3) is 2.79. The molecule has 11 heavy (non-hydrogen) atoms. The van der Waals surface area contributed by atoms with Gasteiger partial charge < -0.3 is 0 Å². The van der Waals surface area contributed by atoms with Gasteiger partial charge in [-0.25, -0.2) is 13.1 Å². The fraction of sp³-hybridized carbons (Fsp3) is 1.00. The van der Waals surface area contributed by atoms with E-state index < -0.39 is 10.0 Å². The Bertz CT molecular complexity index is 217.